The Hall–Kier alpha value is -2.60. The molecule has 0 aliphatic rings. The number of benzene rings is 2. The Morgan fingerprint density at radius 3 is 2.43 bits per heavy atom. The summed E-state index contributed by atoms with van der Waals surface area (Å²) in [5, 5.41) is 8.46. The van der Waals surface area contributed by atoms with Crippen molar-refractivity contribution in [3.8, 4) is 11.5 Å². The minimum atomic E-state index is 0.0456. The van der Waals surface area contributed by atoms with Crippen LogP contribution in [-0.2, 0) is 7.05 Å². The molecule has 116 valence electrons. The first-order valence-electron chi connectivity index (χ1n) is 7.05. The summed E-state index contributed by atoms with van der Waals surface area (Å²) in [5.41, 5.74) is 0.653. The number of carbonyl (C=O) groups is 1. The first kappa shape index (κ1) is 15.3. The Kier molecular flexibility index (Phi) is 4.73. The lowest BCUT2D eigenvalue weighted by atomic mass is 10.1. The van der Waals surface area contributed by atoms with Gasteiger partial charge in [0, 0.05) is 12.6 Å². The second-order valence-electron chi connectivity index (χ2n) is 4.88. The fourth-order valence-electron chi connectivity index (χ4n) is 1.95. The normalized spacial score (nSPS) is 10.5. The maximum absolute atomic E-state index is 12.2. The number of aromatic nitrogens is 3. The van der Waals surface area contributed by atoms with Crippen molar-refractivity contribution in [2.75, 3.05) is 5.75 Å². The van der Waals surface area contributed by atoms with Gasteiger partial charge in [-0.25, -0.2) is 0 Å². The number of thioether (sulfide) groups is 1. The Bertz CT molecular complexity index is 785. The van der Waals surface area contributed by atoms with E-state index in [0.717, 1.165) is 10.9 Å². The number of rotatable bonds is 6. The number of aryl methyl sites for hydroxylation is 1. The first-order valence-corrected chi connectivity index (χ1v) is 8.04. The molecule has 0 aliphatic heterocycles. The van der Waals surface area contributed by atoms with Crippen LogP contribution < -0.4 is 4.74 Å². The number of hydrogen-bond acceptors (Lipinski definition) is 5. The summed E-state index contributed by atoms with van der Waals surface area (Å²) < 4.78 is 7.50. The standard InChI is InChI=1S/C17H15N3O2S/c1-20-12-18-19-17(20)23-11-16(21)13-7-9-15(10-8-13)22-14-5-3-2-4-6-14/h2-10,12H,11H2,1H3. The highest BCUT2D eigenvalue weighted by Gasteiger charge is 2.09. The SMILES string of the molecule is Cn1cnnc1SCC(=O)c1ccc(Oc2ccccc2)cc1. The summed E-state index contributed by atoms with van der Waals surface area (Å²) >= 11 is 1.37. The van der Waals surface area contributed by atoms with Crippen molar-refractivity contribution in [1.82, 2.24) is 14.8 Å². The molecule has 1 aromatic heterocycles. The smallest absolute Gasteiger partial charge is 0.191 e. The van der Waals surface area contributed by atoms with Crippen LogP contribution in [0.5, 0.6) is 11.5 Å². The molecular weight excluding hydrogens is 310 g/mol. The highest BCUT2D eigenvalue weighted by Crippen LogP contribution is 2.22. The van der Waals surface area contributed by atoms with Crippen LogP contribution in [0, 0.1) is 0 Å². The van der Waals surface area contributed by atoms with E-state index >= 15 is 0 Å². The van der Waals surface area contributed by atoms with Gasteiger partial charge in [-0.05, 0) is 36.4 Å². The molecule has 0 unspecified atom stereocenters. The van der Waals surface area contributed by atoms with Crippen LogP contribution in [0.3, 0.4) is 0 Å². The molecule has 3 aromatic rings. The van der Waals surface area contributed by atoms with Crippen LogP contribution in [0.1, 0.15) is 10.4 Å². The average molecular weight is 325 g/mol. The molecule has 0 N–H and O–H groups in total. The highest BCUT2D eigenvalue weighted by molar-refractivity contribution is 7.99. The summed E-state index contributed by atoms with van der Waals surface area (Å²) in [6, 6.07) is 16.7. The van der Waals surface area contributed by atoms with Crippen LogP contribution in [-0.4, -0.2) is 26.3 Å². The molecule has 2 aromatic carbocycles. The Labute approximate surface area is 138 Å². The molecule has 5 nitrogen and oxygen atoms in total. The number of nitrogens with zero attached hydrogens (tertiary/aromatic N) is 3. The van der Waals surface area contributed by atoms with Crippen molar-refractivity contribution in [2.24, 2.45) is 7.05 Å². The molecular formula is C17H15N3O2S. The molecule has 0 aliphatic carbocycles. The van der Waals surface area contributed by atoms with Gasteiger partial charge in [0.25, 0.3) is 0 Å². The zero-order valence-corrected chi connectivity index (χ0v) is 13.4. The van der Waals surface area contributed by atoms with Gasteiger partial charge in [-0.3, -0.25) is 4.79 Å². The summed E-state index contributed by atoms with van der Waals surface area (Å²) in [6.07, 6.45) is 1.61. The van der Waals surface area contributed by atoms with E-state index in [-0.39, 0.29) is 5.78 Å². The average Bonchev–Trinajstić information content (AvgIpc) is 2.99. The highest BCUT2D eigenvalue weighted by atomic mass is 32.2. The molecule has 23 heavy (non-hydrogen) atoms. The third-order valence-corrected chi connectivity index (χ3v) is 4.19. The molecule has 0 atom stereocenters. The van der Waals surface area contributed by atoms with Gasteiger partial charge >= 0.3 is 0 Å². The van der Waals surface area contributed by atoms with Crippen LogP contribution in [0.4, 0.5) is 0 Å². The maximum Gasteiger partial charge on any atom is 0.191 e. The molecule has 0 amide bonds. The summed E-state index contributed by atoms with van der Waals surface area (Å²) in [7, 11) is 1.85. The van der Waals surface area contributed by atoms with E-state index < -0.39 is 0 Å². The van der Waals surface area contributed by atoms with E-state index in [9.17, 15) is 4.79 Å². The van der Waals surface area contributed by atoms with E-state index in [4.69, 9.17) is 4.74 Å². The molecule has 0 fully saturated rings. The van der Waals surface area contributed by atoms with Gasteiger partial charge in [0.2, 0.25) is 0 Å². The number of ketones is 1. The van der Waals surface area contributed by atoms with Crippen molar-refractivity contribution in [3.05, 3.63) is 66.5 Å². The van der Waals surface area contributed by atoms with Gasteiger partial charge in [0.05, 0.1) is 5.75 Å². The molecule has 1 heterocycles. The molecule has 0 radical (unpaired) electrons. The molecule has 0 spiro atoms. The lowest BCUT2D eigenvalue weighted by molar-refractivity contribution is 0.102. The largest absolute Gasteiger partial charge is 0.457 e. The fourth-order valence-corrected chi connectivity index (χ4v) is 2.73. The first-order chi connectivity index (χ1) is 11.2. The van der Waals surface area contributed by atoms with E-state index in [1.165, 1.54) is 11.8 Å². The third kappa shape index (κ3) is 3.98. The maximum atomic E-state index is 12.2. The monoisotopic (exact) mass is 325 g/mol. The lowest BCUT2D eigenvalue weighted by Gasteiger charge is -2.06. The van der Waals surface area contributed by atoms with Crippen molar-refractivity contribution in [2.45, 2.75) is 5.16 Å². The predicted molar refractivity (Wildman–Crippen MR) is 89.0 cm³/mol. The Morgan fingerprint density at radius 2 is 1.78 bits per heavy atom. The van der Waals surface area contributed by atoms with Crippen LogP contribution in [0.2, 0.25) is 0 Å². The van der Waals surface area contributed by atoms with Crippen LogP contribution in [0.15, 0.2) is 66.1 Å². The van der Waals surface area contributed by atoms with E-state index in [0.29, 0.717) is 17.1 Å². The topological polar surface area (TPSA) is 57.0 Å². The fraction of sp³-hybridized carbons (Fsp3) is 0.118. The van der Waals surface area contributed by atoms with Gasteiger partial charge in [0.15, 0.2) is 10.9 Å². The lowest BCUT2D eigenvalue weighted by Crippen LogP contribution is -2.03. The zero-order valence-electron chi connectivity index (χ0n) is 12.5. The van der Waals surface area contributed by atoms with Gasteiger partial charge in [-0.2, -0.15) is 0 Å². The molecule has 0 saturated carbocycles. The third-order valence-electron chi connectivity index (χ3n) is 3.16. The van der Waals surface area contributed by atoms with Crippen LogP contribution in [0.25, 0.3) is 0 Å². The quantitative estimate of drug-likeness (QED) is 0.512. The van der Waals surface area contributed by atoms with Crippen molar-refractivity contribution in [3.63, 3.8) is 0 Å². The van der Waals surface area contributed by atoms with E-state index in [2.05, 4.69) is 10.2 Å². The summed E-state index contributed by atoms with van der Waals surface area (Å²) in [6.45, 7) is 0. The minimum absolute atomic E-state index is 0.0456. The predicted octanol–water partition coefficient (Wildman–Crippen LogP) is 3.58. The van der Waals surface area contributed by atoms with E-state index in [1.807, 2.05) is 37.4 Å². The number of Topliss-reactive ketones (excluding diaryl/α,β-unsaturated/α-hetero) is 1. The number of para-hydroxylation sites is 1. The Balaban J connectivity index is 1.60. The summed E-state index contributed by atoms with van der Waals surface area (Å²) in [4.78, 5) is 12.2. The number of ether oxygens (including phenoxy) is 1. The van der Waals surface area contributed by atoms with Gasteiger partial charge in [-0.1, -0.05) is 30.0 Å². The molecule has 0 bridgehead atoms. The van der Waals surface area contributed by atoms with Gasteiger partial charge in [0.1, 0.15) is 17.8 Å². The minimum Gasteiger partial charge on any atom is -0.457 e. The Morgan fingerprint density at radius 1 is 1.09 bits per heavy atom. The van der Waals surface area contributed by atoms with E-state index in [1.54, 1.807) is 35.2 Å². The van der Waals surface area contributed by atoms with Crippen LogP contribution >= 0.6 is 11.8 Å². The second-order valence-corrected chi connectivity index (χ2v) is 5.82. The van der Waals surface area contributed by atoms with Crippen molar-refractivity contribution >= 4 is 17.5 Å². The number of carbonyl (C=O) groups excluding carboxylic acids is 1. The molecule has 6 heteroatoms. The van der Waals surface area contributed by atoms with Crippen molar-refractivity contribution in [1.29, 1.82) is 0 Å². The molecule has 3 rings (SSSR count). The summed E-state index contributed by atoms with van der Waals surface area (Å²) in [5.74, 6) is 1.84. The van der Waals surface area contributed by atoms with Gasteiger partial charge in [-0.15, -0.1) is 10.2 Å². The second kappa shape index (κ2) is 7.11. The van der Waals surface area contributed by atoms with Crippen molar-refractivity contribution < 1.29 is 9.53 Å². The molecule has 0 saturated heterocycles. The zero-order chi connectivity index (χ0) is 16.1. The van der Waals surface area contributed by atoms with Gasteiger partial charge < -0.3 is 9.30 Å². The number of hydrogen-bond donors (Lipinski definition) is 0.